The Hall–Kier alpha value is -3.60. The number of amides is 1. The molecule has 11 heteroatoms. The number of rotatable bonds is 5. The van der Waals surface area contributed by atoms with Gasteiger partial charge >= 0.3 is 5.97 Å². The van der Waals surface area contributed by atoms with Crippen molar-refractivity contribution in [3.63, 3.8) is 0 Å². The lowest BCUT2D eigenvalue weighted by Crippen LogP contribution is -2.27. The van der Waals surface area contributed by atoms with Crippen molar-refractivity contribution in [1.82, 2.24) is 9.55 Å². The molecule has 10 nitrogen and oxygen atoms in total. The van der Waals surface area contributed by atoms with Crippen molar-refractivity contribution in [3.8, 4) is 0 Å². The molecule has 0 radical (unpaired) electrons. The van der Waals surface area contributed by atoms with Crippen molar-refractivity contribution >= 4 is 44.8 Å². The van der Waals surface area contributed by atoms with E-state index in [0.717, 1.165) is 15.9 Å². The number of anilines is 1. The second-order valence-electron chi connectivity index (χ2n) is 5.57. The highest BCUT2D eigenvalue weighted by Crippen LogP contribution is 2.26. The fraction of sp³-hybridized carbons (Fsp3) is 0.125. The summed E-state index contributed by atoms with van der Waals surface area (Å²) in [5.74, 6) is -1.67. The van der Waals surface area contributed by atoms with E-state index in [4.69, 9.17) is 5.11 Å². The number of hydrogen-bond acceptors (Lipinski definition) is 7. The molecule has 1 aromatic carbocycles. The predicted octanol–water partition coefficient (Wildman–Crippen LogP) is 2.01. The van der Waals surface area contributed by atoms with Crippen molar-refractivity contribution in [2.45, 2.75) is 13.5 Å². The smallest absolute Gasteiger partial charge is 0.346 e. The highest BCUT2D eigenvalue weighted by Gasteiger charge is 2.19. The lowest BCUT2D eigenvalue weighted by molar-refractivity contribution is -0.384. The van der Waals surface area contributed by atoms with E-state index in [1.807, 2.05) is 0 Å². The number of carbonyl (C=O) groups is 2. The monoisotopic (exact) mass is 388 g/mol. The van der Waals surface area contributed by atoms with Gasteiger partial charge in [0.25, 0.3) is 11.2 Å². The van der Waals surface area contributed by atoms with Crippen LogP contribution in [0.25, 0.3) is 10.2 Å². The molecule has 1 amide bonds. The number of thiophene rings is 1. The summed E-state index contributed by atoms with van der Waals surface area (Å²) >= 11 is 0.900. The molecule has 0 aliphatic heterocycles. The number of benzene rings is 1. The molecule has 2 N–H and O–H groups in total. The highest BCUT2D eigenvalue weighted by atomic mass is 32.1. The molecular formula is C16H12N4O6S. The summed E-state index contributed by atoms with van der Waals surface area (Å²) in [6, 6.07) is 5.25. The van der Waals surface area contributed by atoms with Crippen LogP contribution in [0.4, 0.5) is 11.4 Å². The topological polar surface area (TPSA) is 144 Å². The van der Waals surface area contributed by atoms with Crippen molar-refractivity contribution in [1.29, 1.82) is 0 Å². The van der Waals surface area contributed by atoms with Crippen LogP contribution in [0.1, 0.15) is 15.2 Å². The molecule has 3 aromatic rings. The molecule has 0 saturated heterocycles. The summed E-state index contributed by atoms with van der Waals surface area (Å²) in [6.07, 6.45) is 1.18. The van der Waals surface area contributed by atoms with Crippen LogP contribution < -0.4 is 10.9 Å². The van der Waals surface area contributed by atoms with Crippen LogP contribution in [-0.4, -0.2) is 31.5 Å². The van der Waals surface area contributed by atoms with Gasteiger partial charge in [-0.25, -0.2) is 9.78 Å². The zero-order valence-corrected chi connectivity index (χ0v) is 14.6. The first kappa shape index (κ1) is 18.2. The lowest BCUT2D eigenvalue weighted by Gasteiger charge is -2.07. The van der Waals surface area contributed by atoms with Gasteiger partial charge in [-0.1, -0.05) is 0 Å². The first-order valence-electron chi connectivity index (χ1n) is 7.54. The second kappa shape index (κ2) is 6.96. The molecule has 138 valence electrons. The van der Waals surface area contributed by atoms with Gasteiger partial charge in [-0.2, -0.15) is 0 Å². The number of aromatic nitrogens is 2. The standard InChI is InChI=1S/C16H12N4O6S/c1-8-12-14(27-13(8)16(23)24)17-7-19(15(12)22)6-11(21)18-9-2-4-10(5-3-9)20(25)26/h2-5,7H,6H2,1H3,(H,18,21)(H,23,24). The molecule has 0 saturated carbocycles. The fourth-order valence-corrected chi connectivity index (χ4v) is 3.48. The van der Waals surface area contributed by atoms with Crippen molar-refractivity contribution in [3.05, 3.63) is 61.5 Å². The molecular weight excluding hydrogens is 376 g/mol. The molecule has 0 bridgehead atoms. The van der Waals surface area contributed by atoms with E-state index in [1.54, 1.807) is 0 Å². The van der Waals surface area contributed by atoms with Gasteiger partial charge in [0.2, 0.25) is 5.91 Å². The first-order valence-corrected chi connectivity index (χ1v) is 8.35. The van der Waals surface area contributed by atoms with Gasteiger partial charge in [-0.05, 0) is 24.6 Å². The Morgan fingerprint density at radius 3 is 2.59 bits per heavy atom. The Bertz CT molecular complexity index is 1130. The van der Waals surface area contributed by atoms with E-state index in [0.29, 0.717) is 16.1 Å². The van der Waals surface area contributed by atoms with Gasteiger partial charge in [-0.15, -0.1) is 11.3 Å². The summed E-state index contributed by atoms with van der Waals surface area (Å²) < 4.78 is 1.08. The lowest BCUT2D eigenvalue weighted by atomic mass is 10.2. The minimum Gasteiger partial charge on any atom is -0.477 e. The predicted molar refractivity (Wildman–Crippen MR) is 97.3 cm³/mol. The normalized spacial score (nSPS) is 10.7. The molecule has 0 atom stereocenters. The molecule has 0 spiro atoms. The SMILES string of the molecule is Cc1c(C(=O)O)sc2ncn(CC(=O)Nc3ccc([N+](=O)[O-])cc3)c(=O)c12. The van der Waals surface area contributed by atoms with Gasteiger partial charge in [0, 0.05) is 17.8 Å². The van der Waals surface area contributed by atoms with Crippen LogP contribution in [0, 0.1) is 17.0 Å². The molecule has 3 rings (SSSR count). The Labute approximate surface area is 154 Å². The Kier molecular flexibility index (Phi) is 4.69. The maximum Gasteiger partial charge on any atom is 0.346 e. The third-order valence-electron chi connectivity index (χ3n) is 3.79. The van der Waals surface area contributed by atoms with Gasteiger partial charge in [0.05, 0.1) is 16.6 Å². The fourth-order valence-electron chi connectivity index (χ4n) is 2.50. The number of non-ortho nitro benzene ring substituents is 1. The molecule has 2 aromatic heterocycles. The van der Waals surface area contributed by atoms with Crippen molar-refractivity contribution in [2.24, 2.45) is 0 Å². The number of aryl methyl sites for hydroxylation is 1. The van der Waals surface area contributed by atoms with E-state index >= 15 is 0 Å². The Balaban J connectivity index is 1.83. The first-order chi connectivity index (χ1) is 12.8. The zero-order valence-electron chi connectivity index (χ0n) is 13.8. The average molecular weight is 388 g/mol. The zero-order chi connectivity index (χ0) is 19.7. The quantitative estimate of drug-likeness (QED) is 0.502. The summed E-state index contributed by atoms with van der Waals surface area (Å²) in [6.45, 7) is 1.18. The minimum atomic E-state index is -1.14. The third-order valence-corrected chi connectivity index (χ3v) is 4.98. The van der Waals surface area contributed by atoms with Crippen molar-refractivity contribution in [2.75, 3.05) is 5.32 Å². The van der Waals surface area contributed by atoms with E-state index in [2.05, 4.69) is 10.3 Å². The van der Waals surface area contributed by atoms with Gasteiger partial charge in [0.1, 0.15) is 16.3 Å². The molecule has 2 heterocycles. The highest BCUT2D eigenvalue weighted by molar-refractivity contribution is 7.20. The second-order valence-corrected chi connectivity index (χ2v) is 6.57. The Morgan fingerprint density at radius 2 is 2.00 bits per heavy atom. The largest absolute Gasteiger partial charge is 0.477 e. The number of nitrogens with one attached hydrogen (secondary N) is 1. The van der Waals surface area contributed by atoms with Crippen LogP contribution >= 0.6 is 11.3 Å². The number of carboxylic acids is 1. The number of aromatic carboxylic acids is 1. The summed E-state index contributed by atoms with van der Waals surface area (Å²) in [5, 5.41) is 22.5. The average Bonchev–Trinajstić information content (AvgIpc) is 2.95. The van der Waals surface area contributed by atoms with E-state index in [-0.39, 0.29) is 22.5 Å². The molecule has 0 aliphatic carbocycles. The van der Waals surface area contributed by atoms with E-state index in [1.165, 1.54) is 37.5 Å². The van der Waals surface area contributed by atoms with Crippen LogP contribution in [-0.2, 0) is 11.3 Å². The summed E-state index contributed by atoms with van der Waals surface area (Å²) in [5.41, 5.74) is 0.0267. The summed E-state index contributed by atoms with van der Waals surface area (Å²) in [7, 11) is 0. The van der Waals surface area contributed by atoms with Gasteiger partial charge < -0.3 is 10.4 Å². The number of carboxylic acid groups (broad SMARTS) is 1. The maximum absolute atomic E-state index is 12.6. The van der Waals surface area contributed by atoms with Crippen LogP contribution in [0.2, 0.25) is 0 Å². The van der Waals surface area contributed by atoms with E-state index in [9.17, 15) is 24.5 Å². The number of nitro groups is 1. The van der Waals surface area contributed by atoms with Crippen LogP contribution in [0.3, 0.4) is 0 Å². The molecule has 27 heavy (non-hydrogen) atoms. The van der Waals surface area contributed by atoms with Crippen molar-refractivity contribution < 1.29 is 19.6 Å². The van der Waals surface area contributed by atoms with E-state index < -0.39 is 22.4 Å². The number of hydrogen-bond donors (Lipinski definition) is 2. The minimum absolute atomic E-state index is 0.0303. The van der Waals surface area contributed by atoms with Crippen LogP contribution in [0.5, 0.6) is 0 Å². The third kappa shape index (κ3) is 3.53. The Morgan fingerprint density at radius 1 is 1.33 bits per heavy atom. The number of carbonyl (C=O) groups excluding carboxylic acids is 1. The molecule has 0 aliphatic rings. The van der Waals surface area contributed by atoms with Gasteiger partial charge in [-0.3, -0.25) is 24.3 Å². The molecule has 0 fully saturated rings. The number of fused-ring (bicyclic) bond motifs is 1. The number of nitro benzene ring substituents is 1. The maximum atomic E-state index is 12.6. The number of nitrogens with zero attached hydrogens (tertiary/aromatic N) is 3. The molecule has 0 unspecified atom stereocenters. The van der Waals surface area contributed by atoms with Crippen LogP contribution in [0.15, 0.2) is 35.4 Å². The summed E-state index contributed by atoms with van der Waals surface area (Å²) in [4.78, 5) is 50.4. The van der Waals surface area contributed by atoms with Gasteiger partial charge in [0.15, 0.2) is 0 Å².